The highest BCUT2D eigenvalue weighted by Crippen LogP contribution is 2.33. The van der Waals surface area contributed by atoms with Crippen LogP contribution in [0.2, 0.25) is 0 Å². The fourth-order valence-corrected chi connectivity index (χ4v) is 3.52. The van der Waals surface area contributed by atoms with Crippen LogP contribution in [0.25, 0.3) is 16.9 Å². The highest BCUT2D eigenvalue weighted by molar-refractivity contribution is 5.95. The van der Waals surface area contributed by atoms with Gasteiger partial charge in [0.15, 0.2) is 0 Å². The fraction of sp³-hybridized carbons (Fsp3) is 0.167. The number of carbonyl (C=O) groups excluding carboxylic acids is 1. The molecule has 0 saturated carbocycles. The first-order chi connectivity index (χ1) is 14.6. The lowest BCUT2D eigenvalue weighted by Gasteiger charge is -2.14. The van der Waals surface area contributed by atoms with Gasteiger partial charge in [-0.3, -0.25) is 9.20 Å². The van der Waals surface area contributed by atoms with Gasteiger partial charge in [-0.15, -0.1) is 0 Å². The highest BCUT2D eigenvalue weighted by atomic mass is 16.1. The molecule has 0 spiro atoms. The Morgan fingerprint density at radius 1 is 1.03 bits per heavy atom. The maximum atomic E-state index is 12.4. The van der Waals surface area contributed by atoms with Crippen LogP contribution in [0.4, 0.5) is 11.5 Å². The molecule has 0 radical (unpaired) electrons. The van der Waals surface area contributed by atoms with E-state index in [4.69, 9.17) is 10.7 Å². The molecule has 0 atom stereocenters. The van der Waals surface area contributed by atoms with E-state index >= 15 is 0 Å². The smallest absolute Gasteiger partial charge is 0.251 e. The maximum absolute atomic E-state index is 12.4. The van der Waals surface area contributed by atoms with Gasteiger partial charge < -0.3 is 16.4 Å². The monoisotopic (exact) mass is 399 g/mol. The largest absolute Gasteiger partial charge is 0.351 e. The van der Waals surface area contributed by atoms with E-state index in [1.54, 1.807) is 12.1 Å². The topological polar surface area (TPSA) is 84.5 Å². The summed E-state index contributed by atoms with van der Waals surface area (Å²) in [5, 5.41) is 6.40. The molecule has 4 rings (SSSR count). The molecule has 2 aromatic carbocycles. The van der Waals surface area contributed by atoms with Gasteiger partial charge in [0.2, 0.25) is 0 Å². The van der Waals surface area contributed by atoms with E-state index < -0.39 is 0 Å². The molecule has 0 bridgehead atoms. The third-order valence-electron chi connectivity index (χ3n) is 5.09. The summed E-state index contributed by atoms with van der Waals surface area (Å²) in [6.45, 7) is 5.01. The van der Waals surface area contributed by atoms with Gasteiger partial charge in [0.1, 0.15) is 17.2 Å². The number of benzene rings is 2. The van der Waals surface area contributed by atoms with Crippen LogP contribution in [0, 0.1) is 13.8 Å². The first-order valence-corrected chi connectivity index (χ1v) is 9.97. The standard InChI is InChI=1S/C24H25N5O/c1-16-7-6-8-17(2)21(16)28-23-22(18-9-4-3-5-10-18)27-20-15-19(11-14-29(20)23)24(30)26-13-12-25/h3-11,14-15,28H,12-13,25H2,1-2H3,(H,26,30). The van der Waals surface area contributed by atoms with Crippen molar-refractivity contribution < 1.29 is 4.79 Å². The second-order valence-corrected chi connectivity index (χ2v) is 7.26. The number of fused-ring (bicyclic) bond motifs is 1. The molecule has 0 fully saturated rings. The molecular formula is C24H25N5O. The minimum Gasteiger partial charge on any atom is -0.351 e. The van der Waals surface area contributed by atoms with Crippen LogP contribution in [0.1, 0.15) is 21.5 Å². The van der Waals surface area contributed by atoms with Gasteiger partial charge in [0.05, 0.1) is 0 Å². The van der Waals surface area contributed by atoms with Crippen molar-refractivity contribution in [2.24, 2.45) is 5.73 Å². The van der Waals surface area contributed by atoms with Crippen LogP contribution < -0.4 is 16.4 Å². The van der Waals surface area contributed by atoms with Gasteiger partial charge in [0.25, 0.3) is 5.91 Å². The number of aryl methyl sites for hydroxylation is 2. The van der Waals surface area contributed by atoms with E-state index in [0.29, 0.717) is 24.3 Å². The number of rotatable bonds is 6. The number of nitrogens with one attached hydrogen (secondary N) is 2. The molecule has 2 aromatic heterocycles. The number of nitrogens with two attached hydrogens (primary N) is 1. The van der Waals surface area contributed by atoms with Crippen molar-refractivity contribution in [3.63, 3.8) is 0 Å². The molecule has 0 saturated heterocycles. The summed E-state index contributed by atoms with van der Waals surface area (Å²) in [4.78, 5) is 17.2. The van der Waals surface area contributed by atoms with Crippen molar-refractivity contribution in [3.8, 4) is 11.3 Å². The first-order valence-electron chi connectivity index (χ1n) is 9.97. The second-order valence-electron chi connectivity index (χ2n) is 7.26. The molecule has 152 valence electrons. The van der Waals surface area contributed by atoms with Gasteiger partial charge >= 0.3 is 0 Å². The van der Waals surface area contributed by atoms with Crippen molar-refractivity contribution in [2.45, 2.75) is 13.8 Å². The molecule has 30 heavy (non-hydrogen) atoms. The number of hydrogen-bond acceptors (Lipinski definition) is 4. The number of para-hydroxylation sites is 1. The van der Waals surface area contributed by atoms with Gasteiger partial charge in [-0.1, -0.05) is 48.5 Å². The van der Waals surface area contributed by atoms with Crippen molar-refractivity contribution in [1.29, 1.82) is 0 Å². The normalized spacial score (nSPS) is 10.9. The average Bonchev–Trinajstić information content (AvgIpc) is 3.13. The SMILES string of the molecule is Cc1cccc(C)c1Nc1c(-c2ccccc2)nc2cc(C(=O)NCCN)ccn12. The Balaban J connectivity index is 1.85. The van der Waals surface area contributed by atoms with Crippen molar-refractivity contribution in [3.05, 3.63) is 83.6 Å². The minimum absolute atomic E-state index is 0.156. The Morgan fingerprint density at radius 3 is 2.47 bits per heavy atom. The molecule has 4 N–H and O–H groups in total. The summed E-state index contributed by atoms with van der Waals surface area (Å²) >= 11 is 0. The van der Waals surface area contributed by atoms with E-state index in [9.17, 15) is 4.79 Å². The molecule has 6 heteroatoms. The zero-order valence-electron chi connectivity index (χ0n) is 17.1. The van der Waals surface area contributed by atoms with E-state index in [2.05, 4.69) is 42.7 Å². The highest BCUT2D eigenvalue weighted by Gasteiger charge is 2.17. The molecule has 0 unspecified atom stereocenters. The summed E-state index contributed by atoms with van der Waals surface area (Å²) in [6.07, 6.45) is 1.88. The van der Waals surface area contributed by atoms with Crippen molar-refractivity contribution in [1.82, 2.24) is 14.7 Å². The van der Waals surface area contributed by atoms with Crippen LogP contribution in [0.5, 0.6) is 0 Å². The Labute approximate surface area is 175 Å². The van der Waals surface area contributed by atoms with Crippen LogP contribution in [-0.2, 0) is 0 Å². The quantitative estimate of drug-likeness (QED) is 0.457. The summed E-state index contributed by atoms with van der Waals surface area (Å²) in [7, 11) is 0. The average molecular weight is 399 g/mol. The maximum Gasteiger partial charge on any atom is 0.251 e. The number of imidazole rings is 1. The Hall–Kier alpha value is -3.64. The zero-order chi connectivity index (χ0) is 21.1. The number of aromatic nitrogens is 2. The van der Waals surface area contributed by atoms with Gasteiger partial charge in [-0.05, 0) is 37.1 Å². The third-order valence-corrected chi connectivity index (χ3v) is 5.09. The van der Waals surface area contributed by atoms with Gasteiger partial charge in [-0.2, -0.15) is 0 Å². The zero-order valence-corrected chi connectivity index (χ0v) is 17.1. The van der Waals surface area contributed by atoms with Crippen molar-refractivity contribution >= 4 is 23.1 Å². The molecule has 6 nitrogen and oxygen atoms in total. The summed E-state index contributed by atoms with van der Waals surface area (Å²) in [5.74, 6) is 0.707. The van der Waals surface area contributed by atoms with Crippen LogP contribution in [0.3, 0.4) is 0 Å². The minimum atomic E-state index is -0.156. The predicted molar refractivity (Wildman–Crippen MR) is 121 cm³/mol. The third kappa shape index (κ3) is 3.77. The van der Waals surface area contributed by atoms with Gasteiger partial charge in [-0.25, -0.2) is 4.98 Å². The van der Waals surface area contributed by atoms with E-state index in [-0.39, 0.29) is 5.91 Å². The van der Waals surface area contributed by atoms with E-state index in [0.717, 1.165) is 33.9 Å². The molecule has 0 aliphatic heterocycles. The lowest BCUT2D eigenvalue weighted by molar-refractivity contribution is 0.0954. The number of pyridine rings is 1. The lowest BCUT2D eigenvalue weighted by Crippen LogP contribution is -2.29. The van der Waals surface area contributed by atoms with E-state index in [1.165, 1.54) is 0 Å². The molecule has 4 aromatic rings. The first kappa shape index (κ1) is 19.7. The summed E-state index contributed by atoms with van der Waals surface area (Å²) in [6, 6.07) is 19.9. The number of nitrogens with zero attached hydrogens (tertiary/aromatic N) is 2. The second kappa shape index (κ2) is 8.39. The number of hydrogen-bond donors (Lipinski definition) is 3. The molecule has 2 heterocycles. The molecular weight excluding hydrogens is 374 g/mol. The Bertz CT molecular complexity index is 1180. The van der Waals surface area contributed by atoms with E-state index in [1.807, 2.05) is 40.9 Å². The van der Waals surface area contributed by atoms with Crippen LogP contribution >= 0.6 is 0 Å². The Morgan fingerprint density at radius 2 is 1.77 bits per heavy atom. The number of carbonyl (C=O) groups is 1. The van der Waals surface area contributed by atoms with Gasteiger partial charge in [0, 0.05) is 36.1 Å². The van der Waals surface area contributed by atoms with Crippen LogP contribution in [-0.4, -0.2) is 28.4 Å². The summed E-state index contributed by atoms with van der Waals surface area (Å²) in [5.41, 5.74) is 11.9. The predicted octanol–water partition coefficient (Wildman–Crippen LogP) is 4.05. The molecule has 0 aliphatic carbocycles. The summed E-state index contributed by atoms with van der Waals surface area (Å²) < 4.78 is 1.98. The molecule has 0 aliphatic rings. The fourth-order valence-electron chi connectivity index (χ4n) is 3.52. The lowest BCUT2D eigenvalue weighted by atomic mass is 10.1. The Kier molecular flexibility index (Phi) is 5.50. The molecule has 1 amide bonds. The van der Waals surface area contributed by atoms with Crippen LogP contribution in [0.15, 0.2) is 66.9 Å². The number of amides is 1. The number of anilines is 2. The van der Waals surface area contributed by atoms with Crippen molar-refractivity contribution in [2.75, 3.05) is 18.4 Å².